The van der Waals surface area contributed by atoms with E-state index in [9.17, 15) is 0 Å². The fourth-order valence-electron chi connectivity index (χ4n) is 2.28. The first kappa shape index (κ1) is 16.4. The van der Waals surface area contributed by atoms with Gasteiger partial charge in [-0.3, -0.25) is 0 Å². The fourth-order valence-corrected chi connectivity index (χ4v) is 2.28. The molecular weight excluding hydrogens is 274 g/mol. The highest BCUT2D eigenvalue weighted by Crippen LogP contribution is 2.28. The molecule has 3 nitrogen and oxygen atoms in total. The van der Waals surface area contributed by atoms with Gasteiger partial charge in [0.05, 0.1) is 13.7 Å². The molecule has 1 N–H and O–H groups in total. The van der Waals surface area contributed by atoms with E-state index < -0.39 is 0 Å². The molecule has 1 atom stereocenters. The summed E-state index contributed by atoms with van der Waals surface area (Å²) in [5, 5.41) is 3.53. The lowest BCUT2D eigenvalue weighted by atomic mass is 10.1. The molecule has 0 amide bonds. The Morgan fingerprint density at radius 2 is 1.82 bits per heavy atom. The van der Waals surface area contributed by atoms with Gasteiger partial charge in [0.25, 0.3) is 0 Å². The normalized spacial score (nSPS) is 12.0. The summed E-state index contributed by atoms with van der Waals surface area (Å²) < 4.78 is 11.1. The molecule has 0 bridgehead atoms. The van der Waals surface area contributed by atoms with Gasteiger partial charge in [-0.25, -0.2) is 0 Å². The second kappa shape index (κ2) is 8.44. The molecule has 22 heavy (non-hydrogen) atoms. The average Bonchev–Trinajstić information content (AvgIpc) is 2.58. The van der Waals surface area contributed by atoms with Crippen LogP contribution in [-0.2, 0) is 6.54 Å². The summed E-state index contributed by atoms with van der Waals surface area (Å²) in [5.74, 6) is 1.60. The van der Waals surface area contributed by atoms with Gasteiger partial charge in [0, 0.05) is 12.6 Å². The Hall–Kier alpha value is -2.00. The van der Waals surface area contributed by atoms with Crippen LogP contribution in [0, 0.1) is 0 Å². The maximum Gasteiger partial charge on any atom is 0.161 e. The molecule has 0 fully saturated rings. The molecule has 0 spiro atoms. The van der Waals surface area contributed by atoms with E-state index in [0.717, 1.165) is 24.5 Å². The third-order valence-corrected chi connectivity index (χ3v) is 3.60. The van der Waals surface area contributed by atoms with Crippen molar-refractivity contribution in [3.05, 3.63) is 59.7 Å². The summed E-state index contributed by atoms with van der Waals surface area (Å²) in [4.78, 5) is 0. The van der Waals surface area contributed by atoms with E-state index in [2.05, 4.69) is 49.5 Å². The Morgan fingerprint density at radius 1 is 1.05 bits per heavy atom. The largest absolute Gasteiger partial charge is 0.493 e. The molecule has 2 aromatic carbocycles. The van der Waals surface area contributed by atoms with Gasteiger partial charge in [0.2, 0.25) is 0 Å². The van der Waals surface area contributed by atoms with Crippen molar-refractivity contribution in [1.82, 2.24) is 5.32 Å². The van der Waals surface area contributed by atoms with E-state index in [1.165, 1.54) is 11.1 Å². The van der Waals surface area contributed by atoms with Crippen LogP contribution >= 0.6 is 0 Å². The Morgan fingerprint density at radius 3 is 2.50 bits per heavy atom. The molecule has 2 aromatic rings. The number of rotatable bonds is 8. The van der Waals surface area contributed by atoms with Crippen LogP contribution < -0.4 is 14.8 Å². The molecule has 0 saturated carbocycles. The molecule has 0 aliphatic carbocycles. The molecular formula is C19H25NO2. The molecule has 0 aliphatic heterocycles. The molecule has 0 aliphatic rings. The number of hydrogen-bond donors (Lipinski definition) is 1. The third-order valence-electron chi connectivity index (χ3n) is 3.60. The highest BCUT2D eigenvalue weighted by molar-refractivity contribution is 5.43. The molecule has 0 radical (unpaired) electrons. The predicted octanol–water partition coefficient (Wildman–Crippen LogP) is 4.33. The molecule has 0 heterocycles. The van der Waals surface area contributed by atoms with Crippen molar-refractivity contribution in [3.8, 4) is 11.5 Å². The van der Waals surface area contributed by atoms with Crippen molar-refractivity contribution in [1.29, 1.82) is 0 Å². The monoisotopic (exact) mass is 299 g/mol. The van der Waals surface area contributed by atoms with E-state index in [-0.39, 0.29) is 0 Å². The van der Waals surface area contributed by atoms with Crippen LogP contribution in [0.15, 0.2) is 48.5 Å². The summed E-state index contributed by atoms with van der Waals surface area (Å²) in [6, 6.07) is 16.9. The van der Waals surface area contributed by atoms with Crippen molar-refractivity contribution >= 4 is 0 Å². The first-order chi connectivity index (χ1) is 10.7. The zero-order chi connectivity index (χ0) is 15.8. The highest BCUT2D eigenvalue weighted by Gasteiger charge is 2.08. The molecule has 0 aromatic heterocycles. The lowest BCUT2D eigenvalue weighted by Gasteiger charge is -2.16. The van der Waals surface area contributed by atoms with Crippen molar-refractivity contribution in [2.24, 2.45) is 0 Å². The van der Waals surface area contributed by atoms with Crippen molar-refractivity contribution in [3.63, 3.8) is 0 Å². The third kappa shape index (κ3) is 4.50. The Kier molecular flexibility index (Phi) is 6.28. The van der Waals surface area contributed by atoms with Gasteiger partial charge in [-0.05, 0) is 36.6 Å². The van der Waals surface area contributed by atoms with Gasteiger partial charge in [-0.1, -0.05) is 43.3 Å². The van der Waals surface area contributed by atoms with Gasteiger partial charge < -0.3 is 14.8 Å². The van der Waals surface area contributed by atoms with Crippen LogP contribution in [0.4, 0.5) is 0 Å². The van der Waals surface area contributed by atoms with Crippen molar-refractivity contribution in [2.45, 2.75) is 32.9 Å². The second-order valence-electron chi connectivity index (χ2n) is 5.35. The zero-order valence-corrected chi connectivity index (χ0v) is 13.6. The quantitative estimate of drug-likeness (QED) is 0.786. The molecule has 0 unspecified atom stereocenters. The first-order valence-electron chi connectivity index (χ1n) is 7.82. The van der Waals surface area contributed by atoms with E-state index in [4.69, 9.17) is 9.47 Å². The number of ether oxygens (including phenoxy) is 2. The summed E-state index contributed by atoms with van der Waals surface area (Å²) in [7, 11) is 1.68. The van der Waals surface area contributed by atoms with E-state index in [0.29, 0.717) is 12.6 Å². The average molecular weight is 299 g/mol. The van der Waals surface area contributed by atoms with Gasteiger partial charge in [0.1, 0.15) is 0 Å². The van der Waals surface area contributed by atoms with Crippen LogP contribution in [0.2, 0.25) is 0 Å². The number of benzene rings is 2. The van der Waals surface area contributed by atoms with Crippen LogP contribution in [0.5, 0.6) is 11.5 Å². The SMILES string of the molecule is CCCOc1ccc(CN[C@H](C)c2ccccc2)cc1OC. The van der Waals surface area contributed by atoms with Crippen LogP contribution in [0.1, 0.15) is 37.4 Å². The van der Waals surface area contributed by atoms with Crippen LogP contribution in [0.25, 0.3) is 0 Å². The minimum atomic E-state index is 0.309. The van der Waals surface area contributed by atoms with E-state index >= 15 is 0 Å². The van der Waals surface area contributed by atoms with Crippen molar-refractivity contribution < 1.29 is 9.47 Å². The summed E-state index contributed by atoms with van der Waals surface area (Å²) in [5.41, 5.74) is 2.47. The Labute approximate surface area is 133 Å². The van der Waals surface area contributed by atoms with Gasteiger partial charge in [0.15, 0.2) is 11.5 Å². The number of hydrogen-bond acceptors (Lipinski definition) is 3. The smallest absolute Gasteiger partial charge is 0.161 e. The minimum Gasteiger partial charge on any atom is -0.493 e. The zero-order valence-electron chi connectivity index (χ0n) is 13.6. The standard InChI is InChI=1S/C19H25NO2/c1-4-12-22-18-11-10-16(13-19(18)21-3)14-20-15(2)17-8-6-5-7-9-17/h5-11,13,15,20H,4,12,14H2,1-3H3/t15-/m1/s1. The lowest BCUT2D eigenvalue weighted by molar-refractivity contribution is 0.294. The van der Waals surface area contributed by atoms with Crippen LogP contribution in [0.3, 0.4) is 0 Å². The van der Waals surface area contributed by atoms with E-state index in [1.54, 1.807) is 7.11 Å². The second-order valence-corrected chi connectivity index (χ2v) is 5.35. The van der Waals surface area contributed by atoms with Crippen molar-refractivity contribution in [2.75, 3.05) is 13.7 Å². The minimum absolute atomic E-state index is 0.309. The van der Waals surface area contributed by atoms with Gasteiger partial charge in [-0.2, -0.15) is 0 Å². The highest BCUT2D eigenvalue weighted by atomic mass is 16.5. The molecule has 118 valence electrons. The summed E-state index contributed by atoms with van der Waals surface area (Å²) in [6.07, 6.45) is 0.987. The first-order valence-corrected chi connectivity index (χ1v) is 7.82. The number of nitrogens with one attached hydrogen (secondary N) is 1. The predicted molar refractivity (Wildman–Crippen MR) is 90.5 cm³/mol. The summed E-state index contributed by atoms with van der Waals surface area (Å²) in [6.45, 7) is 5.76. The van der Waals surface area contributed by atoms with Gasteiger partial charge >= 0.3 is 0 Å². The lowest BCUT2D eigenvalue weighted by Crippen LogP contribution is -2.18. The Balaban J connectivity index is 1.98. The summed E-state index contributed by atoms with van der Waals surface area (Å²) >= 11 is 0. The molecule has 2 rings (SSSR count). The van der Waals surface area contributed by atoms with Gasteiger partial charge in [-0.15, -0.1) is 0 Å². The maximum absolute atomic E-state index is 5.68. The maximum atomic E-state index is 5.68. The van der Waals surface area contributed by atoms with Crippen LogP contribution in [-0.4, -0.2) is 13.7 Å². The fraction of sp³-hybridized carbons (Fsp3) is 0.368. The molecule has 3 heteroatoms. The molecule has 0 saturated heterocycles. The topological polar surface area (TPSA) is 30.5 Å². The van der Waals surface area contributed by atoms with E-state index in [1.807, 2.05) is 18.2 Å². The number of methoxy groups -OCH3 is 1. The Bertz CT molecular complexity index is 569.